The Balaban J connectivity index is 1.40. The Labute approximate surface area is 228 Å². The van der Waals surface area contributed by atoms with Crippen LogP contribution >= 0.6 is 0 Å². The summed E-state index contributed by atoms with van der Waals surface area (Å²) >= 11 is 0. The molecule has 5 rings (SSSR count). The maximum Gasteiger partial charge on any atom is 0.257 e. The summed E-state index contributed by atoms with van der Waals surface area (Å²) in [6.07, 6.45) is 3.96. The predicted molar refractivity (Wildman–Crippen MR) is 148 cm³/mol. The Morgan fingerprint density at radius 1 is 0.923 bits per heavy atom. The number of rotatable bonds is 7. The Morgan fingerprint density at radius 2 is 1.51 bits per heavy atom. The summed E-state index contributed by atoms with van der Waals surface area (Å²) in [5, 5.41) is 12.5. The van der Waals surface area contributed by atoms with Gasteiger partial charge in [-0.2, -0.15) is 5.26 Å². The zero-order valence-electron chi connectivity index (χ0n) is 22.0. The highest BCUT2D eigenvalue weighted by molar-refractivity contribution is 7.92. The molecule has 2 aromatic carbocycles. The van der Waals surface area contributed by atoms with Gasteiger partial charge < -0.3 is 15.1 Å². The van der Waals surface area contributed by atoms with Gasteiger partial charge in [0.2, 0.25) is 10.0 Å². The lowest BCUT2D eigenvalue weighted by atomic mass is 9.93. The molecule has 1 amide bonds. The molecule has 0 aromatic heterocycles. The zero-order chi connectivity index (χ0) is 27.8. The summed E-state index contributed by atoms with van der Waals surface area (Å²) in [6.45, 7) is 3.37. The number of sulfonamides is 1. The van der Waals surface area contributed by atoms with Crippen molar-refractivity contribution < 1.29 is 22.0 Å². The predicted octanol–water partition coefficient (Wildman–Crippen LogP) is 5.19. The van der Waals surface area contributed by atoms with Gasteiger partial charge in [0.1, 0.15) is 6.07 Å². The first-order chi connectivity index (χ1) is 18.5. The van der Waals surface area contributed by atoms with E-state index < -0.39 is 15.9 Å². The molecule has 2 N–H and O–H groups in total. The van der Waals surface area contributed by atoms with Gasteiger partial charge in [0.15, 0.2) is 0 Å². The molecule has 0 atom stereocenters. The van der Waals surface area contributed by atoms with Crippen molar-refractivity contribution >= 4 is 38.7 Å². The van der Waals surface area contributed by atoms with Crippen LogP contribution in [0.15, 0.2) is 36.4 Å². The van der Waals surface area contributed by atoms with Crippen molar-refractivity contribution in [3.05, 3.63) is 47.5 Å². The van der Waals surface area contributed by atoms with E-state index in [-0.39, 0.29) is 37.6 Å². The number of amides is 1. The van der Waals surface area contributed by atoms with Crippen LogP contribution in [0.4, 0.5) is 31.5 Å². The third-order valence-electron chi connectivity index (χ3n) is 8.23. The molecule has 0 unspecified atom stereocenters. The summed E-state index contributed by atoms with van der Waals surface area (Å²) in [6, 6.07) is 11.9. The molecule has 3 fully saturated rings. The molecule has 2 aromatic rings. The SMILES string of the molecule is CCS(=O)(=O)Nc1ccc(C(=O)Nc2ccc(C#N)c(N3CCC(F)(F)CC3)c2)c(N2CCC3(CC2)CC3)c1. The molecule has 1 spiro atoms. The molecule has 208 valence electrons. The lowest BCUT2D eigenvalue weighted by molar-refractivity contribution is -0.0220. The van der Waals surface area contributed by atoms with Gasteiger partial charge in [-0.15, -0.1) is 0 Å². The summed E-state index contributed by atoms with van der Waals surface area (Å²) in [5.74, 6) is -3.15. The molecule has 0 radical (unpaired) electrons. The molecule has 2 heterocycles. The van der Waals surface area contributed by atoms with Crippen LogP contribution in [0.25, 0.3) is 0 Å². The van der Waals surface area contributed by atoms with Crippen molar-refractivity contribution in [2.75, 3.05) is 51.8 Å². The van der Waals surface area contributed by atoms with Gasteiger partial charge in [-0.1, -0.05) is 0 Å². The summed E-state index contributed by atoms with van der Waals surface area (Å²) < 4.78 is 54.4. The van der Waals surface area contributed by atoms with Crippen LogP contribution in [0.2, 0.25) is 0 Å². The molecule has 11 heteroatoms. The number of nitriles is 1. The number of nitrogens with one attached hydrogen (secondary N) is 2. The van der Waals surface area contributed by atoms with E-state index in [0.29, 0.717) is 39.3 Å². The normalized spacial score (nSPS) is 19.8. The van der Waals surface area contributed by atoms with Gasteiger partial charge in [-0.3, -0.25) is 9.52 Å². The molecule has 1 saturated carbocycles. The molecule has 2 aliphatic heterocycles. The smallest absolute Gasteiger partial charge is 0.257 e. The van der Waals surface area contributed by atoms with Gasteiger partial charge in [-0.05, 0) is 74.4 Å². The summed E-state index contributed by atoms with van der Waals surface area (Å²) in [7, 11) is -3.49. The third-order valence-corrected chi connectivity index (χ3v) is 9.54. The van der Waals surface area contributed by atoms with Gasteiger partial charge >= 0.3 is 0 Å². The maximum atomic E-state index is 13.7. The number of piperidine rings is 2. The van der Waals surface area contributed by atoms with Gasteiger partial charge in [-0.25, -0.2) is 17.2 Å². The quantitative estimate of drug-likeness (QED) is 0.486. The first-order valence-corrected chi connectivity index (χ1v) is 15.1. The number of alkyl halides is 2. The Bertz CT molecular complexity index is 1400. The Kier molecular flexibility index (Phi) is 7.18. The van der Waals surface area contributed by atoms with Crippen molar-refractivity contribution in [2.45, 2.75) is 51.4 Å². The lowest BCUT2D eigenvalue weighted by Crippen LogP contribution is -2.39. The van der Waals surface area contributed by atoms with Gasteiger partial charge in [0, 0.05) is 44.7 Å². The highest BCUT2D eigenvalue weighted by Gasteiger charge is 2.44. The highest BCUT2D eigenvalue weighted by atomic mass is 32.2. The zero-order valence-corrected chi connectivity index (χ0v) is 22.8. The van der Waals surface area contributed by atoms with Crippen molar-refractivity contribution in [1.82, 2.24) is 0 Å². The fourth-order valence-corrected chi connectivity index (χ4v) is 6.07. The first-order valence-electron chi connectivity index (χ1n) is 13.4. The average Bonchev–Trinajstić information content (AvgIpc) is 3.67. The van der Waals surface area contributed by atoms with E-state index in [2.05, 4.69) is 21.0 Å². The van der Waals surface area contributed by atoms with Crippen LogP contribution in [-0.4, -0.2) is 52.2 Å². The molecule has 2 saturated heterocycles. The van der Waals surface area contributed by atoms with Gasteiger partial charge in [0.25, 0.3) is 11.8 Å². The first kappa shape index (κ1) is 27.2. The minimum atomic E-state index is -3.49. The Hall–Kier alpha value is -3.39. The molecule has 0 bridgehead atoms. The molecule has 39 heavy (non-hydrogen) atoms. The number of anilines is 4. The third kappa shape index (κ3) is 6.11. The minimum Gasteiger partial charge on any atom is -0.371 e. The van der Waals surface area contributed by atoms with Gasteiger partial charge in [0.05, 0.1) is 33.9 Å². The Morgan fingerprint density at radius 3 is 2.13 bits per heavy atom. The number of carbonyl (C=O) groups is 1. The molecule has 1 aliphatic carbocycles. The lowest BCUT2D eigenvalue weighted by Gasteiger charge is -2.35. The van der Waals surface area contributed by atoms with Crippen LogP contribution in [0.1, 0.15) is 61.4 Å². The second-order valence-electron chi connectivity index (χ2n) is 10.9. The number of benzene rings is 2. The monoisotopic (exact) mass is 557 g/mol. The number of hydrogen-bond acceptors (Lipinski definition) is 6. The largest absolute Gasteiger partial charge is 0.371 e. The van der Waals surface area contributed by atoms with E-state index >= 15 is 0 Å². The van der Waals surface area contributed by atoms with Crippen molar-refractivity contribution in [3.63, 3.8) is 0 Å². The molecule has 3 aliphatic rings. The number of carbonyl (C=O) groups excluding carboxylic acids is 1. The van der Waals surface area contributed by atoms with E-state index in [4.69, 9.17) is 0 Å². The summed E-state index contributed by atoms with van der Waals surface area (Å²) in [5.41, 5.74) is 3.21. The fourth-order valence-electron chi connectivity index (χ4n) is 5.44. The van der Waals surface area contributed by atoms with E-state index in [9.17, 15) is 27.3 Å². The average molecular weight is 558 g/mol. The summed E-state index contributed by atoms with van der Waals surface area (Å²) in [4.78, 5) is 17.4. The molecular weight excluding hydrogens is 524 g/mol. The van der Waals surface area contributed by atoms with Crippen LogP contribution in [0.3, 0.4) is 0 Å². The second-order valence-corrected chi connectivity index (χ2v) is 12.9. The van der Waals surface area contributed by atoms with E-state index in [1.165, 1.54) is 12.8 Å². The second kappa shape index (κ2) is 10.3. The van der Waals surface area contributed by atoms with E-state index in [1.54, 1.807) is 48.2 Å². The highest BCUT2D eigenvalue weighted by Crippen LogP contribution is 2.54. The topological polar surface area (TPSA) is 106 Å². The van der Waals surface area contributed by atoms with Crippen LogP contribution in [0, 0.1) is 16.7 Å². The maximum absolute atomic E-state index is 13.7. The van der Waals surface area contributed by atoms with E-state index in [1.807, 2.05) is 0 Å². The van der Waals surface area contributed by atoms with Crippen LogP contribution < -0.4 is 19.8 Å². The molecule has 8 nitrogen and oxygen atoms in total. The van der Waals surface area contributed by atoms with Crippen LogP contribution in [-0.2, 0) is 10.0 Å². The number of nitrogens with zero attached hydrogens (tertiary/aromatic N) is 3. The number of halogens is 2. The number of hydrogen-bond donors (Lipinski definition) is 2. The fraction of sp³-hybridized carbons (Fsp3) is 0.500. The molecular formula is C28H33F2N5O3S. The van der Waals surface area contributed by atoms with E-state index in [0.717, 1.165) is 25.9 Å². The van der Waals surface area contributed by atoms with Crippen molar-refractivity contribution in [2.24, 2.45) is 5.41 Å². The minimum absolute atomic E-state index is 0.0630. The van der Waals surface area contributed by atoms with Crippen molar-refractivity contribution in [3.8, 4) is 6.07 Å². The van der Waals surface area contributed by atoms with Crippen LogP contribution in [0.5, 0.6) is 0 Å². The standard InChI is InChI=1S/C28H33F2N5O3S/c1-2-39(37,38)33-22-5-6-23(25(18-22)35-13-9-27(7-8-27)10-14-35)26(36)32-21-4-3-20(19-31)24(17-21)34-15-11-28(29,30)12-16-34/h3-6,17-18,33H,2,7-16H2,1H3,(H,32,36). The van der Waals surface area contributed by atoms with Crippen molar-refractivity contribution in [1.29, 1.82) is 5.26 Å².